The van der Waals surface area contributed by atoms with E-state index in [1.54, 1.807) is 0 Å². The van der Waals surface area contributed by atoms with Crippen molar-refractivity contribution in [1.82, 2.24) is 8.75 Å². The van der Waals surface area contributed by atoms with Crippen LogP contribution >= 0.6 is 34.4 Å². The maximum atomic E-state index is 16.0. The van der Waals surface area contributed by atoms with E-state index in [9.17, 15) is 0 Å². The zero-order chi connectivity index (χ0) is 32.0. The van der Waals surface area contributed by atoms with E-state index in [1.807, 2.05) is 72.8 Å². The molecule has 0 radical (unpaired) electrons. The molecule has 6 aromatic rings. The van der Waals surface area contributed by atoms with E-state index < -0.39 is 11.6 Å². The van der Waals surface area contributed by atoms with Gasteiger partial charge in [0.25, 0.3) is 0 Å². The lowest BCUT2D eigenvalue weighted by atomic mass is 10.0. The van der Waals surface area contributed by atoms with Gasteiger partial charge >= 0.3 is 0 Å². The first kappa shape index (κ1) is 32.3. The zero-order valence-electron chi connectivity index (χ0n) is 26.1. The van der Waals surface area contributed by atoms with Crippen LogP contribution in [0.1, 0.15) is 52.9 Å². The third-order valence-corrected chi connectivity index (χ3v) is 10.9. The number of ether oxygens (including phenoxy) is 2. The van der Waals surface area contributed by atoms with E-state index in [0.717, 1.165) is 57.0 Å². The second kappa shape index (κ2) is 14.8. The molecule has 4 nitrogen and oxygen atoms in total. The minimum atomic E-state index is -0.910. The number of rotatable bonds is 14. The summed E-state index contributed by atoms with van der Waals surface area (Å²) in [6.07, 6.45) is 5.64. The summed E-state index contributed by atoms with van der Waals surface area (Å²) in [6.45, 7) is 7.87. The summed E-state index contributed by atoms with van der Waals surface area (Å²) in [7, 11) is 0. The van der Waals surface area contributed by atoms with Crippen molar-refractivity contribution in [3.05, 3.63) is 84.4 Å². The van der Waals surface area contributed by atoms with E-state index in [-0.39, 0.29) is 11.1 Å². The number of fused-ring (bicyclic) bond motifs is 1. The fraction of sp³-hybridized carbons (Fsp3) is 0.297. The van der Waals surface area contributed by atoms with Crippen LogP contribution in [0.4, 0.5) is 8.78 Å². The van der Waals surface area contributed by atoms with E-state index in [2.05, 4.69) is 29.5 Å². The number of thiophene rings is 2. The van der Waals surface area contributed by atoms with Gasteiger partial charge in [-0.25, -0.2) is 8.78 Å². The van der Waals surface area contributed by atoms with Crippen LogP contribution in [0.3, 0.4) is 0 Å². The summed E-state index contributed by atoms with van der Waals surface area (Å²) in [5, 5.41) is 0. The van der Waals surface area contributed by atoms with Crippen molar-refractivity contribution >= 4 is 45.4 Å². The van der Waals surface area contributed by atoms with Gasteiger partial charge in [0, 0.05) is 19.5 Å². The van der Waals surface area contributed by atoms with Crippen molar-refractivity contribution in [3.8, 4) is 53.3 Å². The maximum Gasteiger partial charge on any atom is 0.170 e. The zero-order valence-corrected chi connectivity index (χ0v) is 28.6. The Balaban J connectivity index is 1.24. The van der Waals surface area contributed by atoms with Crippen LogP contribution in [0.5, 0.6) is 11.5 Å². The fourth-order valence-corrected chi connectivity index (χ4v) is 8.07. The molecule has 0 fully saturated rings. The number of hydrogen-bond donors (Lipinski definition) is 0. The van der Waals surface area contributed by atoms with Crippen molar-refractivity contribution < 1.29 is 18.3 Å². The second-order valence-electron chi connectivity index (χ2n) is 11.3. The Morgan fingerprint density at radius 3 is 1.61 bits per heavy atom. The van der Waals surface area contributed by atoms with Crippen molar-refractivity contribution in [3.63, 3.8) is 0 Å². The Bertz CT molecular complexity index is 1890. The van der Waals surface area contributed by atoms with Gasteiger partial charge in [0.05, 0.1) is 36.1 Å². The highest BCUT2D eigenvalue weighted by molar-refractivity contribution is 7.19. The van der Waals surface area contributed by atoms with Crippen LogP contribution in [-0.4, -0.2) is 22.0 Å². The SMILES string of the molecule is CCCCC(CC)COc1ccc(-c2ccc(-c3c(F)c(F)c(-c4ccc(-c5ccc(OCCC)cc5)s4)c4nsnc34)s2)cc1. The Morgan fingerprint density at radius 2 is 1.13 bits per heavy atom. The highest BCUT2D eigenvalue weighted by atomic mass is 32.1. The molecule has 0 amide bonds. The molecule has 0 aliphatic rings. The molecule has 238 valence electrons. The Kier molecular flexibility index (Phi) is 10.4. The van der Waals surface area contributed by atoms with Gasteiger partial charge in [0.1, 0.15) is 22.5 Å². The third-order valence-electron chi connectivity index (χ3n) is 8.08. The molecule has 3 aromatic heterocycles. The molecule has 0 saturated heterocycles. The first-order valence-corrected chi connectivity index (χ1v) is 18.2. The third kappa shape index (κ3) is 6.87. The lowest BCUT2D eigenvalue weighted by Gasteiger charge is -2.15. The predicted octanol–water partition coefficient (Wildman–Crippen LogP) is 12.1. The van der Waals surface area contributed by atoms with Crippen molar-refractivity contribution in [2.24, 2.45) is 5.92 Å². The molecule has 3 heterocycles. The van der Waals surface area contributed by atoms with E-state index in [1.165, 1.54) is 41.9 Å². The molecule has 3 aromatic carbocycles. The summed E-state index contributed by atoms with van der Waals surface area (Å²) in [5.74, 6) is 0.385. The maximum absolute atomic E-state index is 16.0. The van der Waals surface area contributed by atoms with Gasteiger partial charge < -0.3 is 9.47 Å². The molecule has 0 spiro atoms. The predicted molar refractivity (Wildman–Crippen MR) is 189 cm³/mol. The minimum Gasteiger partial charge on any atom is -0.494 e. The number of hydrogen-bond acceptors (Lipinski definition) is 7. The lowest BCUT2D eigenvalue weighted by Crippen LogP contribution is -2.11. The first-order valence-electron chi connectivity index (χ1n) is 15.8. The number of benzene rings is 3. The molecule has 0 aliphatic heterocycles. The topological polar surface area (TPSA) is 44.2 Å². The van der Waals surface area contributed by atoms with E-state index >= 15 is 8.78 Å². The molecule has 1 atom stereocenters. The molecule has 0 saturated carbocycles. The van der Waals surface area contributed by atoms with Gasteiger partial charge in [-0.3, -0.25) is 0 Å². The molecule has 0 aliphatic carbocycles. The van der Waals surface area contributed by atoms with Crippen LogP contribution in [0.2, 0.25) is 0 Å². The lowest BCUT2D eigenvalue weighted by molar-refractivity contribution is 0.233. The van der Waals surface area contributed by atoms with Gasteiger partial charge in [-0.1, -0.05) is 40.0 Å². The van der Waals surface area contributed by atoms with Gasteiger partial charge in [-0.05, 0) is 103 Å². The first-order chi connectivity index (χ1) is 22.5. The van der Waals surface area contributed by atoms with E-state index in [4.69, 9.17) is 9.47 Å². The molecule has 9 heteroatoms. The number of aromatic nitrogens is 2. The average molecular weight is 675 g/mol. The Morgan fingerprint density at radius 1 is 0.630 bits per heavy atom. The average Bonchev–Trinajstić information content (AvgIpc) is 3.87. The molecule has 0 N–H and O–H groups in total. The van der Waals surface area contributed by atoms with Crippen molar-refractivity contribution in [2.75, 3.05) is 13.2 Å². The molecule has 46 heavy (non-hydrogen) atoms. The highest BCUT2D eigenvalue weighted by Crippen LogP contribution is 2.45. The quantitative estimate of drug-likeness (QED) is 0.115. The van der Waals surface area contributed by atoms with Crippen LogP contribution < -0.4 is 9.47 Å². The minimum absolute atomic E-state index is 0.150. The fourth-order valence-electron chi connectivity index (χ4n) is 5.41. The Labute approximate surface area is 281 Å². The molecular weight excluding hydrogens is 639 g/mol. The Hall–Kier alpha value is -3.66. The summed E-state index contributed by atoms with van der Waals surface area (Å²) in [4.78, 5) is 3.10. The van der Waals surface area contributed by atoms with Gasteiger partial charge in [0.2, 0.25) is 0 Å². The molecule has 1 unspecified atom stereocenters. The van der Waals surface area contributed by atoms with Crippen LogP contribution in [0.25, 0.3) is 52.8 Å². The van der Waals surface area contributed by atoms with Crippen LogP contribution in [0.15, 0.2) is 72.8 Å². The summed E-state index contributed by atoms with van der Waals surface area (Å²) < 4.78 is 52.6. The van der Waals surface area contributed by atoms with Crippen molar-refractivity contribution in [2.45, 2.75) is 52.9 Å². The molecular formula is C37H36F2N2O2S3. The van der Waals surface area contributed by atoms with Crippen LogP contribution in [0, 0.1) is 17.6 Å². The summed E-state index contributed by atoms with van der Waals surface area (Å²) >= 11 is 3.77. The smallest absolute Gasteiger partial charge is 0.170 e. The second-order valence-corrected chi connectivity index (χ2v) is 14.0. The molecule has 6 rings (SSSR count). The van der Waals surface area contributed by atoms with E-state index in [0.29, 0.717) is 39.9 Å². The van der Waals surface area contributed by atoms with Crippen LogP contribution in [-0.2, 0) is 0 Å². The normalized spacial score (nSPS) is 12.1. The van der Waals surface area contributed by atoms with Gasteiger partial charge in [-0.2, -0.15) is 8.75 Å². The summed E-state index contributed by atoms with van der Waals surface area (Å²) in [5.41, 5.74) is 3.01. The summed E-state index contributed by atoms with van der Waals surface area (Å²) in [6, 6.07) is 23.3. The number of halogens is 2. The number of unbranched alkanes of at least 4 members (excludes halogenated alkanes) is 1. The van der Waals surface area contributed by atoms with Crippen molar-refractivity contribution in [1.29, 1.82) is 0 Å². The van der Waals surface area contributed by atoms with Gasteiger partial charge in [-0.15, -0.1) is 22.7 Å². The standard InChI is InChI=1S/C37H36F2N2O2S3/c1-4-7-8-23(6-3)22-43-27-15-11-25(12-16-27)29-18-20-31(45-29)33-35(39)34(38)32(36-37(33)41-46-40-36)30-19-17-28(44-30)24-9-13-26(14-10-24)42-21-5-2/h9-20,23H,4-8,21-22H2,1-3H3. The molecule has 0 bridgehead atoms. The monoisotopic (exact) mass is 674 g/mol. The highest BCUT2D eigenvalue weighted by Gasteiger charge is 2.27. The largest absolute Gasteiger partial charge is 0.494 e. The number of nitrogens with zero attached hydrogens (tertiary/aromatic N) is 2. The van der Waals surface area contributed by atoms with Gasteiger partial charge in [0.15, 0.2) is 11.6 Å².